The summed E-state index contributed by atoms with van der Waals surface area (Å²) in [5, 5.41) is 26.9. The summed E-state index contributed by atoms with van der Waals surface area (Å²) in [5.41, 5.74) is 2.96. The standard InChI is InChI=1S/C23H24ClN3O3/c1-15(26-14-21(28)16-5-2-7-18(24)11-16)13-27-19-8-3-6-17(12-19)22-20(23(29)30)9-4-10-25-22/h2-12,15,21,26-28H,13-14H2,1H3,(H,29,30)/t15-,21+/m1/s1. The van der Waals surface area contributed by atoms with Crippen molar-refractivity contribution < 1.29 is 15.0 Å². The summed E-state index contributed by atoms with van der Waals surface area (Å²) in [6.07, 6.45) is 0.937. The van der Waals surface area contributed by atoms with Gasteiger partial charge in [-0.2, -0.15) is 0 Å². The van der Waals surface area contributed by atoms with Crippen LogP contribution >= 0.6 is 11.6 Å². The zero-order valence-electron chi connectivity index (χ0n) is 16.5. The highest BCUT2D eigenvalue weighted by Gasteiger charge is 2.13. The van der Waals surface area contributed by atoms with Crippen LogP contribution in [-0.4, -0.2) is 40.3 Å². The minimum absolute atomic E-state index is 0.0897. The van der Waals surface area contributed by atoms with E-state index >= 15 is 0 Å². The second-order valence-electron chi connectivity index (χ2n) is 7.05. The first-order chi connectivity index (χ1) is 14.4. The van der Waals surface area contributed by atoms with E-state index in [9.17, 15) is 15.0 Å². The van der Waals surface area contributed by atoms with Gasteiger partial charge in [-0.25, -0.2) is 4.79 Å². The molecule has 0 aliphatic heterocycles. The van der Waals surface area contributed by atoms with Gasteiger partial charge in [0.1, 0.15) is 0 Å². The van der Waals surface area contributed by atoms with Crippen molar-refractivity contribution in [2.24, 2.45) is 0 Å². The van der Waals surface area contributed by atoms with Crippen molar-refractivity contribution >= 4 is 23.3 Å². The van der Waals surface area contributed by atoms with Gasteiger partial charge >= 0.3 is 5.97 Å². The first kappa shape index (κ1) is 21.8. The molecule has 0 saturated heterocycles. The third-order valence-electron chi connectivity index (χ3n) is 4.68. The van der Waals surface area contributed by atoms with Gasteiger partial charge in [0.25, 0.3) is 0 Å². The topological polar surface area (TPSA) is 94.5 Å². The maximum atomic E-state index is 11.5. The highest BCUT2D eigenvalue weighted by molar-refractivity contribution is 6.30. The zero-order valence-corrected chi connectivity index (χ0v) is 17.3. The number of hydrogen-bond acceptors (Lipinski definition) is 5. The monoisotopic (exact) mass is 425 g/mol. The molecule has 0 spiro atoms. The van der Waals surface area contributed by atoms with E-state index in [1.54, 1.807) is 30.5 Å². The number of carbonyl (C=O) groups is 1. The Morgan fingerprint density at radius 2 is 1.90 bits per heavy atom. The molecule has 1 aromatic heterocycles. The van der Waals surface area contributed by atoms with E-state index in [2.05, 4.69) is 15.6 Å². The SMILES string of the molecule is C[C@H](CNc1cccc(-c2ncccc2C(=O)O)c1)NC[C@H](O)c1cccc(Cl)c1. The number of anilines is 1. The number of nitrogens with one attached hydrogen (secondary N) is 2. The van der Waals surface area contributed by atoms with E-state index in [1.807, 2.05) is 43.3 Å². The minimum Gasteiger partial charge on any atom is -0.478 e. The number of aliphatic hydroxyl groups excluding tert-OH is 1. The Morgan fingerprint density at radius 1 is 1.10 bits per heavy atom. The molecule has 0 radical (unpaired) electrons. The second kappa shape index (κ2) is 10.2. The number of carboxylic acid groups (broad SMARTS) is 1. The quantitative estimate of drug-likeness (QED) is 0.410. The number of nitrogens with zero attached hydrogens (tertiary/aromatic N) is 1. The molecule has 6 nitrogen and oxygen atoms in total. The molecule has 0 fully saturated rings. The molecule has 0 bridgehead atoms. The molecular formula is C23H24ClN3O3. The van der Waals surface area contributed by atoms with Gasteiger partial charge in [-0.3, -0.25) is 4.98 Å². The molecule has 3 aromatic rings. The lowest BCUT2D eigenvalue weighted by Gasteiger charge is -2.19. The first-order valence-electron chi connectivity index (χ1n) is 9.63. The van der Waals surface area contributed by atoms with Crippen molar-refractivity contribution in [2.45, 2.75) is 19.1 Å². The summed E-state index contributed by atoms with van der Waals surface area (Å²) in [7, 11) is 0. The number of aromatic carboxylic acids is 1. The van der Waals surface area contributed by atoms with Crippen molar-refractivity contribution in [3.8, 4) is 11.3 Å². The van der Waals surface area contributed by atoms with Gasteiger partial charge in [0.2, 0.25) is 0 Å². The van der Waals surface area contributed by atoms with Crippen molar-refractivity contribution in [3.63, 3.8) is 0 Å². The molecule has 0 aliphatic carbocycles. The predicted octanol–water partition coefficient (Wildman–Crippen LogP) is 4.22. The lowest BCUT2D eigenvalue weighted by Crippen LogP contribution is -2.35. The Labute approximate surface area is 180 Å². The summed E-state index contributed by atoms with van der Waals surface area (Å²) in [5.74, 6) is -1.01. The van der Waals surface area contributed by atoms with E-state index in [0.717, 1.165) is 16.8 Å². The molecule has 3 rings (SSSR count). The Kier molecular flexibility index (Phi) is 7.41. The van der Waals surface area contributed by atoms with Crippen molar-refractivity contribution in [3.05, 3.63) is 83.0 Å². The van der Waals surface area contributed by atoms with Gasteiger partial charge in [0, 0.05) is 41.6 Å². The second-order valence-corrected chi connectivity index (χ2v) is 7.48. The van der Waals surface area contributed by atoms with Gasteiger partial charge in [-0.05, 0) is 48.9 Å². The molecular weight excluding hydrogens is 402 g/mol. The van der Waals surface area contributed by atoms with Crippen LogP contribution in [0.25, 0.3) is 11.3 Å². The summed E-state index contributed by atoms with van der Waals surface area (Å²) in [4.78, 5) is 15.7. The Morgan fingerprint density at radius 3 is 2.67 bits per heavy atom. The molecule has 2 atom stereocenters. The summed E-state index contributed by atoms with van der Waals surface area (Å²) >= 11 is 5.97. The number of rotatable bonds is 9. The van der Waals surface area contributed by atoms with Crippen molar-refractivity contribution in [2.75, 3.05) is 18.4 Å². The van der Waals surface area contributed by atoms with E-state index in [4.69, 9.17) is 11.6 Å². The highest BCUT2D eigenvalue weighted by Crippen LogP contribution is 2.24. The molecule has 0 unspecified atom stereocenters. The summed E-state index contributed by atoms with van der Waals surface area (Å²) in [6.45, 7) is 3.04. The van der Waals surface area contributed by atoms with Crippen LogP contribution in [0.15, 0.2) is 66.9 Å². The normalized spacial score (nSPS) is 12.9. The van der Waals surface area contributed by atoms with Gasteiger partial charge in [0.05, 0.1) is 17.4 Å². The van der Waals surface area contributed by atoms with Crippen LogP contribution in [0.2, 0.25) is 5.02 Å². The Hall–Kier alpha value is -2.93. The minimum atomic E-state index is -1.01. The van der Waals surface area contributed by atoms with Crippen LogP contribution < -0.4 is 10.6 Å². The Bertz CT molecular complexity index is 1010. The van der Waals surface area contributed by atoms with E-state index in [0.29, 0.717) is 23.8 Å². The fourth-order valence-electron chi connectivity index (χ4n) is 3.07. The highest BCUT2D eigenvalue weighted by atomic mass is 35.5. The van der Waals surface area contributed by atoms with Crippen LogP contribution in [0.5, 0.6) is 0 Å². The smallest absolute Gasteiger partial charge is 0.337 e. The van der Waals surface area contributed by atoms with Gasteiger partial charge < -0.3 is 20.8 Å². The van der Waals surface area contributed by atoms with E-state index < -0.39 is 12.1 Å². The van der Waals surface area contributed by atoms with Gasteiger partial charge in [-0.1, -0.05) is 35.9 Å². The molecule has 0 saturated carbocycles. The molecule has 30 heavy (non-hydrogen) atoms. The van der Waals surface area contributed by atoms with Gasteiger partial charge in [-0.15, -0.1) is 0 Å². The number of carboxylic acids is 1. The molecule has 4 N–H and O–H groups in total. The lowest BCUT2D eigenvalue weighted by atomic mass is 10.1. The molecule has 0 aliphatic rings. The zero-order chi connectivity index (χ0) is 21.5. The van der Waals surface area contributed by atoms with E-state index in [-0.39, 0.29) is 11.6 Å². The third kappa shape index (κ3) is 5.79. The van der Waals surface area contributed by atoms with Crippen LogP contribution in [0, 0.1) is 0 Å². The summed E-state index contributed by atoms with van der Waals surface area (Å²) in [6, 6.07) is 17.9. The number of pyridine rings is 1. The fourth-order valence-corrected chi connectivity index (χ4v) is 3.27. The molecule has 156 valence electrons. The number of hydrogen-bond donors (Lipinski definition) is 4. The van der Waals surface area contributed by atoms with Crippen LogP contribution in [0.1, 0.15) is 28.9 Å². The average Bonchev–Trinajstić information content (AvgIpc) is 2.76. The average molecular weight is 426 g/mol. The van der Waals surface area contributed by atoms with Crippen LogP contribution in [-0.2, 0) is 0 Å². The maximum Gasteiger partial charge on any atom is 0.337 e. The van der Waals surface area contributed by atoms with Crippen LogP contribution in [0.3, 0.4) is 0 Å². The van der Waals surface area contributed by atoms with Gasteiger partial charge in [0.15, 0.2) is 0 Å². The molecule has 2 aromatic carbocycles. The molecule has 1 heterocycles. The number of aliphatic hydroxyl groups is 1. The molecule has 7 heteroatoms. The third-order valence-corrected chi connectivity index (χ3v) is 4.91. The van der Waals surface area contributed by atoms with Crippen molar-refractivity contribution in [1.29, 1.82) is 0 Å². The fraction of sp³-hybridized carbons (Fsp3) is 0.217. The van der Waals surface area contributed by atoms with Crippen molar-refractivity contribution in [1.82, 2.24) is 10.3 Å². The Balaban J connectivity index is 1.57. The first-order valence-corrected chi connectivity index (χ1v) is 10.0. The number of aromatic nitrogens is 1. The number of benzene rings is 2. The lowest BCUT2D eigenvalue weighted by molar-refractivity contribution is 0.0697. The number of halogens is 1. The largest absolute Gasteiger partial charge is 0.478 e. The molecule has 0 amide bonds. The maximum absolute atomic E-state index is 11.5. The van der Waals surface area contributed by atoms with E-state index in [1.165, 1.54) is 0 Å². The van der Waals surface area contributed by atoms with Crippen LogP contribution in [0.4, 0.5) is 5.69 Å². The summed E-state index contributed by atoms with van der Waals surface area (Å²) < 4.78 is 0. The predicted molar refractivity (Wildman–Crippen MR) is 119 cm³/mol.